The van der Waals surface area contributed by atoms with Gasteiger partial charge >= 0.3 is 0 Å². The minimum Gasteiger partial charge on any atom is -0.409 e. The molecule has 8 heteroatoms. The van der Waals surface area contributed by atoms with Gasteiger partial charge in [0.1, 0.15) is 10.9 Å². The summed E-state index contributed by atoms with van der Waals surface area (Å²) in [5, 5.41) is 13.6. The summed E-state index contributed by atoms with van der Waals surface area (Å²) in [6.07, 6.45) is 0. The zero-order valence-corrected chi connectivity index (χ0v) is 12.6. The van der Waals surface area contributed by atoms with Gasteiger partial charge in [0.05, 0.1) is 11.1 Å². The van der Waals surface area contributed by atoms with Crippen LogP contribution in [0.15, 0.2) is 44.9 Å². The fourth-order valence-electron chi connectivity index (χ4n) is 1.82. The van der Waals surface area contributed by atoms with Crippen molar-refractivity contribution in [1.29, 1.82) is 0 Å². The summed E-state index contributed by atoms with van der Waals surface area (Å²) in [4.78, 5) is 8.88. The van der Waals surface area contributed by atoms with Crippen LogP contribution in [0.3, 0.4) is 0 Å². The lowest BCUT2D eigenvalue weighted by atomic mass is 10.1. The molecular weight excluding hydrogens is 306 g/mol. The molecule has 0 unspecified atom stereocenters. The first-order valence-electron chi connectivity index (χ1n) is 6.03. The molecule has 0 aliphatic rings. The molecule has 0 fully saturated rings. The first-order valence-corrected chi connectivity index (χ1v) is 7.62. The first kappa shape index (κ1) is 13.8. The van der Waals surface area contributed by atoms with Gasteiger partial charge in [-0.1, -0.05) is 23.4 Å². The van der Waals surface area contributed by atoms with Crippen molar-refractivity contribution in [3.63, 3.8) is 0 Å². The number of nitrogens with two attached hydrogens (primary N) is 1. The zero-order valence-electron chi connectivity index (χ0n) is 11.0. The fraction of sp³-hybridized carbons (Fsp3) is 0.0769. The number of para-hydroxylation sites is 1. The minimum absolute atomic E-state index is 0.0250. The van der Waals surface area contributed by atoms with Crippen LogP contribution < -0.4 is 5.73 Å². The fourth-order valence-corrected chi connectivity index (χ4v) is 3.50. The van der Waals surface area contributed by atoms with Gasteiger partial charge in [-0.3, -0.25) is 0 Å². The molecule has 0 radical (unpaired) electrons. The Morgan fingerprint density at radius 1 is 1.33 bits per heavy atom. The maximum Gasteiger partial charge on any atom is 0.176 e. The number of hydrogen-bond acceptors (Lipinski definition) is 7. The van der Waals surface area contributed by atoms with Crippen molar-refractivity contribution in [2.75, 3.05) is 0 Å². The van der Waals surface area contributed by atoms with E-state index in [-0.39, 0.29) is 5.84 Å². The highest BCUT2D eigenvalue weighted by Crippen LogP contribution is 2.31. The molecule has 0 atom stereocenters. The molecule has 3 N–H and O–H groups in total. The van der Waals surface area contributed by atoms with E-state index < -0.39 is 0 Å². The summed E-state index contributed by atoms with van der Waals surface area (Å²) < 4.78 is 4.91. The summed E-state index contributed by atoms with van der Waals surface area (Å²) in [6.45, 7) is 1.83. The van der Waals surface area contributed by atoms with Crippen LogP contribution in [0.2, 0.25) is 0 Å². The normalized spacial score (nSPS) is 12.0. The van der Waals surface area contributed by atoms with Crippen molar-refractivity contribution in [3.8, 4) is 0 Å². The van der Waals surface area contributed by atoms with Crippen molar-refractivity contribution in [2.24, 2.45) is 10.9 Å². The van der Waals surface area contributed by atoms with E-state index in [0.717, 1.165) is 15.2 Å². The molecule has 0 amide bonds. The van der Waals surface area contributed by atoms with E-state index in [1.165, 1.54) is 23.3 Å². The summed E-state index contributed by atoms with van der Waals surface area (Å²) in [5.74, 6) is 0.741. The lowest BCUT2D eigenvalue weighted by molar-refractivity contribution is 0.318. The Balaban J connectivity index is 2.13. The van der Waals surface area contributed by atoms with Gasteiger partial charge in [0.25, 0.3) is 0 Å². The Kier molecular flexibility index (Phi) is 3.72. The smallest absolute Gasteiger partial charge is 0.176 e. The third-order valence-corrected chi connectivity index (χ3v) is 4.61. The number of rotatable bonds is 3. The zero-order chi connectivity index (χ0) is 14.8. The number of fused-ring (bicyclic) bond motifs is 1. The molecule has 1 aromatic carbocycles. The summed E-state index contributed by atoms with van der Waals surface area (Å²) in [6, 6.07) is 9.54. The van der Waals surface area contributed by atoms with Crippen molar-refractivity contribution >= 4 is 40.0 Å². The lowest BCUT2D eigenvalue weighted by Crippen LogP contribution is -2.15. The Morgan fingerprint density at radius 3 is 2.86 bits per heavy atom. The molecule has 6 nitrogen and oxygen atoms in total. The predicted molar refractivity (Wildman–Crippen MR) is 83.0 cm³/mol. The van der Waals surface area contributed by atoms with Gasteiger partial charge in [0.2, 0.25) is 0 Å². The van der Waals surface area contributed by atoms with Gasteiger partial charge in [-0.15, -0.1) is 0 Å². The van der Waals surface area contributed by atoms with Crippen LogP contribution in [0, 0.1) is 6.92 Å². The predicted octanol–water partition coefficient (Wildman–Crippen LogP) is 2.64. The summed E-state index contributed by atoms with van der Waals surface area (Å²) >= 11 is 2.65. The van der Waals surface area contributed by atoms with Gasteiger partial charge in [0, 0.05) is 5.39 Å². The van der Waals surface area contributed by atoms with E-state index in [9.17, 15) is 0 Å². The minimum atomic E-state index is 0.0250. The summed E-state index contributed by atoms with van der Waals surface area (Å²) in [7, 11) is 0. The number of amidine groups is 1. The van der Waals surface area contributed by atoms with Crippen molar-refractivity contribution in [1.82, 2.24) is 14.3 Å². The maximum atomic E-state index is 8.96. The van der Waals surface area contributed by atoms with E-state index >= 15 is 0 Å². The SMILES string of the molecule is Cc1nsc(Sc2nc3ccccc3cc2/C(N)=N/O)n1. The molecule has 0 bridgehead atoms. The third kappa shape index (κ3) is 2.81. The molecule has 3 aromatic rings. The van der Waals surface area contributed by atoms with Crippen LogP contribution in [0.25, 0.3) is 10.9 Å². The second-order valence-electron chi connectivity index (χ2n) is 4.23. The topological polar surface area (TPSA) is 97.3 Å². The lowest BCUT2D eigenvalue weighted by Gasteiger charge is -2.07. The van der Waals surface area contributed by atoms with Gasteiger partial charge in [-0.05, 0) is 42.4 Å². The van der Waals surface area contributed by atoms with Crippen molar-refractivity contribution in [2.45, 2.75) is 16.3 Å². The highest BCUT2D eigenvalue weighted by molar-refractivity contribution is 8.01. The van der Waals surface area contributed by atoms with E-state index in [1.54, 1.807) is 0 Å². The number of oxime groups is 1. The number of aromatic nitrogens is 3. The third-order valence-electron chi connectivity index (χ3n) is 2.77. The van der Waals surface area contributed by atoms with Crippen molar-refractivity contribution < 1.29 is 5.21 Å². The highest BCUT2D eigenvalue weighted by Gasteiger charge is 2.14. The number of aryl methyl sites for hydroxylation is 1. The van der Waals surface area contributed by atoms with Crippen LogP contribution in [-0.2, 0) is 0 Å². The Labute approximate surface area is 128 Å². The molecule has 0 spiro atoms. The molecule has 0 aliphatic heterocycles. The van der Waals surface area contributed by atoms with E-state index in [2.05, 4.69) is 19.5 Å². The molecule has 2 heterocycles. The second kappa shape index (κ2) is 5.66. The van der Waals surface area contributed by atoms with E-state index in [4.69, 9.17) is 10.9 Å². The van der Waals surface area contributed by atoms with Crippen LogP contribution in [0.5, 0.6) is 0 Å². The summed E-state index contributed by atoms with van der Waals surface area (Å²) in [5.41, 5.74) is 7.18. The van der Waals surface area contributed by atoms with Crippen LogP contribution >= 0.6 is 23.3 Å². The van der Waals surface area contributed by atoms with E-state index in [1.807, 2.05) is 37.3 Å². The average molecular weight is 317 g/mol. The van der Waals surface area contributed by atoms with Gasteiger partial charge in [0.15, 0.2) is 10.2 Å². The highest BCUT2D eigenvalue weighted by atomic mass is 32.2. The monoisotopic (exact) mass is 317 g/mol. The van der Waals surface area contributed by atoms with Gasteiger partial charge < -0.3 is 10.9 Å². The number of hydrogen-bond donors (Lipinski definition) is 2. The van der Waals surface area contributed by atoms with Crippen molar-refractivity contribution in [3.05, 3.63) is 41.7 Å². The van der Waals surface area contributed by atoms with Crippen LogP contribution in [0.1, 0.15) is 11.4 Å². The quantitative estimate of drug-likeness (QED) is 0.333. The molecule has 0 aliphatic carbocycles. The maximum absolute atomic E-state index is 8.96. The van der Waals surface area contributed by atoms with E-state index in [0.29, 0.717) is 16.4 Å². The Bertz CT molecular complexity index is 830. The first-order chi connectivity index (χ1) is 10.2. The largest absolute Gasteiger partial charge is 0.409 e. The molecule has 106 valence electrons. The average Bonchev–Trinajstić information content (AvgIpc) is 2.91. The van der Waals surface area contributed by atoms with Gasteiger partial charge in [-0.25, -0.2) is 9.97 Å². The second-order valence-corrected chi connectivity index (χ2v) is 6.22. The number of benzene rings is 1. The molecule has 0 saturated heterocycles. The molecular formula is C13H11N5OS2. The molecule has 0 saturated carbocycles. The standard InChI is InChI=1S/C13H11N5OS2/c1-7-15-13(21-18-7)20-12-9(11(14)17-19)6-8-4-2-3-5-10(8)16-12/h2-6,19H,1H3,(H2,14,17). The number of pyridine rings is 1. The molecule has 3 rings (SSSR count). The number of nitrogens with zero attached hydrogens (tertiary/aromatic N) is 4. The van der Waals surface area contributed by atoms with Crippen LogP contribution in [0.4, 0.5) is 0 Å². The van der Waals surface area contributed by atoms with Crippen LogP contribution in [-0.4, -0.2) is 25.4 Å². The molecule has 21 heavy (non-hydrogen) atoms. The molecule has 2 aromatic heterocycles. The van der Waals surface area contributed by atoms with Gasteiger partial charge in [-0.2, -0.15) is 4.37 Å². The Hall–Kier alpha value is -2.19. The Morgan fingerprint density at radius 2 is 2.14 bits per heavy atom.